The van der Waals surface area contributed by atoms with E-state index in [1.807, 2.05) is 24.3 Å². The summed E-state index contributed by atoms with van der Waals surface area (Å²) in [6.07, 6.45) is 3.22. The third kappa shape index (κ3) is 4.48. The first kappa shape index (κ1) is 15.8. The Hall–Kier alpha value is -2.55. The predicted molar refractivity (Wildman–Crippen MR) is 91.3 cm³/mol. The van der Waals surface area contributed by atoms with E-state index in [9.17, 15) is 9.90 Å². The number of para-hydroxylation sites is 1. The third-order valence-electron chi connectivity index (χ3n) is 3.03. The fraction of sp³-hybridized carbons (Fsp3) is 0.211. The van der Waals surface area contributed by atoms with Crippen molar-refractivity contribution in [1.29, 1.82) is 0 Å². The Morgan fingerprint density at radius 1 is 1.05 bits per heavy atom. The fourth-order valence-corrected chi connectivity index (χ4v) is 2.05. The molecule has 0 aliphatic heterocycles. The molecule has 2 aromatic rings. The monoisotopic (exact) mass is 295 g/mol. The van der Waals surface area contributed by atoms with Gasteiger partial charge >= 0.3 is 0 Å². The van der Waals surface area contributed by atoms with Crippen LogP contribution in [0.3, 0.4) is 0 Å². The van der Waals surface area contributed by atoms with Gasteiger partial charge in [0.25, 0.3) is 0 Å². The van der Waals surface area contributed by atoms with E-state index in [-0.39, 0.29) is 17.1 Å². The molecule has 0 amide bonds. The molecular weight excluding hydrogens is 274 g/mol. The van der Waals surface area contributed by atoms with Crippen LogP contribution in [0.4, 0.5) is 5.69 Å². The molecule has 3 nitrogen and oxygen atoms in total. The molecule has 0 saturated heterocycles. The second-order valence-electron chi connectivity index (χ2n) is 6.21. The van der Waals surface area contributed by atoms with E-state index >= 15 is 0 Å². The number of hydrogen-bond donors (Lipinski definition) is 2. The average molecular weight is 295 g/mol. The summed E-state index contributed by atoms with van der Waals surface area (Å²) in [6, 6.07) is 14.4. The van der Waals surface area contributed by atoms with Gasteiger partial charge in [-0.25, -0.2) is 0 Å². The van der Waals surface area contributed by atoms with Crippen molar-refractivity contribution in [3.63, 3.8) is 0 Å². The van der Waals surface area contributed by atoms with Crippen LogP contribution < -0.4 is 5.32 Å². The molecule has 0 aliphatic carbocycles. The molecule has 22 heavy (non-hydrogen) atoms. The maximum absolute atomic E-state index is 12.0. The highest BCUT2D eigenvalue weighted by atomic mass is 16.3. The Morgan fingerprint density at radius 3 is 2.27 bits per heavy atom. The standard InChI is InChI=1S/C19H21NO2/c1-19(2,3)20-15-11-8-14(9-12-15)10-13-18(22)16-6-4-5-7-17(16)21/h4-13,20-21H,1-3H3. The van der Waals surface area contributed by atoms with Gasteiger partial charge in [-0.05, 0) is 56.7 Å². The van der Waals surface area contributed by atoms with Gasteiger partial charge in [-0.15, -0.1) is 0 Å². The lowest BCUT2D eigenvalue weighted by Gasteiger charge is -2.22. The minimum atomic E-state index is -0.213. The molecule has 0 bridgehead atoms. The highest BCUT2D eigenvalue weighted by Gasteiger charge is 2.09. The molecule has 0 atom stereocenters. The number of rotatable bonds is 4. The van der Waals surface area contributed by atoms with Crippen molar-refractivity contribution in [2.45, 2.75) is 26.3 Å². The first-order chi connectivity index (χ1) is 10.3. The van der Waals surface area contributed by atoms with Crippen molar-refractivity contribution in [2.24, 2.45) is 0 Å². The van der Waals surface area contributed by atoms with Crippen LogP contribution in [0.2, 0.25) is 0 Å². The molecule has 0 aliphatic rings. The highest BCUT2D eigenvalue weighted by molar-refractivity contribution is 6.08. The van der Waals surface area contributed by atoms with E-state index in [2.05, 4.69) is 26.1 Å². The molecule has 2 rings (SSSR count). The molecule has 0 radical (unpaired) electrons. The number of carbonyl (C=O) groups excluding carboxylic acids is 1. The summed E-state index contributed by atoms with van der Waals surface area (Å²) in [5.74, 6) is -0.211. The van der Waals surface area contributed by atoms with E-state index in [1.54, 1.807) is 24.3 Å². The minimum absolute atomic E-state index is 0.00174. The van der Waals surface area contributed by atoms with Gasteiger partial charge in [0.1, 0.15) is 5.75 Å². The number of benzene rings is 2. The molecule has 0 aromatic heterocycles. The fourth-order valence-electron chi connectivity index (χ4n) is 2.05. The van der Waals surface area contributed by atoms with E-state index in [1.165, 1.54) is 12.1 Å². The number of aromatic hydroxyl groups is 1. The lowest BCUT2D eigenvalue weighted by molar-refractivity contribution is 0.104. The molecule has 2 aromatic carbocycles. The maximum atomic E-state index is 12.0. The van der Waals surface area contributed by atoms with Crippen LogP contribution in [0.1, 0.15) is 36.7 Å². The van der Waals surface area contributed by atoms with Crippen molar-refractivity contribution >= 4 is 17.5 Å². The number of nitrogens with one attached hydrogen (secondary N) is 1. The summed E-state index contributed by atoms with van der Waals surface area (Å²) < 4.78 is 0. The number of phenols is 1. The van der Waals surface area contributed by atoms with Gasteiger partial charge in [0.2, 0.25) is 0 Å². The zero-order valence-electron chi connectivity index (χ0n) is 13.1. The number of ketones is 1. The zero-order chi connectivity index (χ0) is 16.2. The van der Waals surface area contributed by atoms with Crippen molar-refractivity contribution in [3.05, 3.63) is 65.7 Å². The average Bonchev–Trinajstić information content (AvgIpc) is 2.45. The van der Waals surface area contributed by atoms with E-state index < -0.39 is 0 Å². The Bertz CT molecular complexity index is 679. The third-order valence-corrected chi connectivity index (χ3v) is 3.03. The highest BCUT2D eigenvalue weighted by Crippen LogP contribution is 2.18. The second-order valence-corrected chi connectivity index (χ2v) is 6.21. The molecule has 0 spiro atoms. The van der Waals surface area contributed by atoms with E-state index in [0.717, 1.165) is 11.3 Å². The van der Waals surface area contributed by atoms with E-state index in [4.69, 9.17) is 0 Å². The van der Waals surface area contributed by atoms with Gasteiger partial charge in [0.05, 0.1) is 5.56 Å². The summed E-state index contributed by atoms with van der Waals surface area (Å²) in [7, 11) is 0. The van der Waals surface area contributed by atoms with Gasteiger partial charge in [0, 0.05) is 11.2 Å². The summed E-state index contributed by atoms with van der Waals surface area (Å²) in [5.41, 5.74) is 2.29. The van der Waals surface area contributed by atoms with Crippen molar-refractivity contribution in [1.82, 2.24) is 0 Å². The number of phenolic OH excluding ortho intramolecular Hbond substituents is 1. The van der Waals surface area contributed by atoms with Crippen molar-refractivity contribution in [2.75, 3.05) is 5.32 Å². The van der Waals surface area contributed by atoms with Gasteiger partial charge < -0.3 is 10.4 Å². The Balaban J connectivity index is 2.07. The van der Waals surface area contributed by atoms with Crippen LogP contribution in [0, 0.1) is 0 Å². The van der Waals surface area contributed by atoms with Crippen LogP contribution >= 0.6 is 0 Å². The first-order valence-electron chi connectivity index (χ1n) is 7.24. The van der Waals surface area contributed by atoms with Crippen LogP contribution in [-0.2, 0) is 0 Å². The zero-order valence-corrected chi connectivity index (χ0v) is 13.1. The van der Waals surface area contributed by atoms with Gasteiger partial charge in [0.15, 0.2) is 5.78 Å². The maximum Gasteiger partial charge on any atom is 0.189 e. The number of hydrogen-bond acceptors (Lipinski definition) is 3. The molecule has 2 N–H and O–H groups in total. The van der Waals surface area contributed by atoms with Crippen LogP contribution in [-0.4, -0.2) is 16.4 Å². The number of carbonyl (C=O) groups is 1. The van der Waals surface area contributed by atoms with E-state index in [0.29, 0.717) is 5.56 Å². The van der Waals surface area contributed by atoms with Crippen LogP contribution in [0.15, 0.2) is 54.6 Å². The minimum Gasteiger partial charge on any atom is -0.507 e. The topological polar surface area (TPSA) is 49.3 Å². The largest absolute Gasteiger partial charge is 0.507 e. The summed E-state index contributed by atoms with van der Waals surface area (Å²) >= 11 is 0. The quantitative estimate of drug-likeness (QED) is 0.645. The number of allylic oxidation sites excluding steroid dienone is 1. The molecular formula is C19H21NO2. The summed E-state index contributed by atoms with van der Waals surface area (Å²) in [4.78, 5) is 12.0. The molecule has 0 saturated carbocycles. The number of anilines is 1. The Kier molecular flexibility index (Phi) is 4.66. The molecule has 0 heterocycles. The lowest BCUT2D eigenvalue weighted by Crippen LogP contribution is -2.25. The molecule has 114 valence electrons. The van der Waals surface area contributed by atoms with Crippen molar-refractivity contribution < 1.29 is 9.90 Å². The van der Waals surface area contributed by atoms with Crippen LogP contribution in [0.5, 0.6) is 5.75 Å². The van der Waals surface area contributed by atoms with Crippen molar-refractivity contribution in [3.8, 4) is 5.75 Å². The molecule has 0 fully saturated rings. The normalized spacial score (nSPS) is 11.6. The SMILES string of the molecule is CC(C)(C)Nc1ccc(C=CC(=O)c2ccccc2O)cc1. The lowest BCUT2D eigenvalue weighted by atomic mass is 10.1. The van der Waals surface area contributed by atoms with Gasteiger partial charge in [-0.2, -0.15) is 0 Å². The predicted octanol–water partition coefficient (Wildman–Crippen LogP) is 4.50. The Labute approximate surface area is 131 Å². The summed E-state index contributed by atoms with van der Waals surface area (Å²) in [5, 5.41) is 13.0. The smallest absolute Gasteiger partial charge is 0.189 e. The molecule has 0 unspecified atom stereocenters. The molecule has 3 heteroatoms. The summed E-state index contributed by atoms with van der Waals surface area (Å²) in [6.45, 7) is 6.31. The second kappa shape index (κ2) is 6.48. The van der Waals surface area contributed by atoms with Gasteiger partial charge in [-0.1, -0.05) is 30.3 Å². The van der Waals surface area contributed by atoms with Gasteiger partial charge in [-0.3, -0.25) is 4.79 Å². The first-order valence-corrected chi connectivity index (χ1v) is 7.24. The van der Waals surface area contributed by atoms with Crippen LogP contribution in [0.25, 0.3) is 6.08 Å². The Morgan fingerprint density at radius 2 is 1.68 bits per heavy atom.